The molecule has 1 aromatic heterocycles. The van der Waals surface area contributed by atoms with Gasteiger partial charge in [0.05, 0.1) is 5.92 Å². The molecule has 3 nitrogen and oxygen atoms in total. The van der Waals surface area contributed by atoms with Gasteiger partial charge in [0.2, 0.25) is 0 Å². The molecule has 3 rings (SSSR count). The van der Waals surface area contributed by atoms with E-state index in [9.17, 15) is 9.90 Å². The van der Waals surface area contributed by atoms with Crippen molar-refractivity contribution in [3.8, 4) is 0 Å². The predicted octanol–water partition coefficient (Wildman–Crippen LogP) is 3.53. The molecular formula is C15H17NO2. The van der Waals surface area contributed by atoms with Gasteiger partial charge in [-0.25, -0.2) is 0 Å². The fraction of sp³-hybridized carbons (Fsp3) is 0.400. The number of carboxylic acid groups (broad SMARTS) is 1. The number of para-hydroxylation sites is 1. The molecule has 2 atom stereocenters. The van der Waals surface area contributed by atoms with Crippen molar-refractivity contribution < 1.29 is 9.90 Å². The third kappa shape index (κ3) is 1.80. The molecule has 0 amide bonds. The summed E-state index contributed by atoms with van der Waals surface area (Å²) in [5, 5.41) is 10.5. The number of nitrogens with one attached hydrogen (secondary N) is 1. The highest BCUT2D eigenvalue weighted by Gasteiger charge is 2.33. The van der Waals surface area contributed by atoms with Crippen molar-refractivity contribution >= 4 is 16.9 Å². The zero-order valence-electron chi connectivity index (χ0n) is 10.2. The maximum Gasteiger partial charge on any atom is 0.307 e. The van der Waals surface area contributed by atoms with Crippen molar-refractivity contribution in [1.82, 2.24) is 4.98 Å². The lowest BCUT2D eigenvalue weighted by Crippen LogP contribution is -2.25. The first-order valence-corrected chi connectivity index (χ1v) is 6.56. The van der Waals surface area contributed by atoms with Crippen LogP contribution < -0.4 is 0 Å². The Morgan fingerprint density at radius 1 is 1.22 bits per heavy atom. The Balaban J connectivity index is 2.04. The van der Waals surface area contributed by atoms with Crippen LogP contribution >= 0.6 is 0 Å². The van der Waals surface area contributed by atoms with E-state index in [4.69, 9.17) is 0 Å². The first-order valence-electron chi connectivity index (χ1n) is 6.56. The number of hydrogen-bond donors (Lipinski definition) is 2. The lowest BCUT2D eigenvalue weighted by atomic mass is 9.75. The Hall–Kier alpha value is -1.77. The summed E-state index contributed by atoms with van der Waals surface area (Å²) < 4.78 is 0. The molecule has 2 N–H and O–H groups in total. The monoisotopic (exact) mass is 243 g/mol. The smallest absolute Gasteiger partial charge is 0.307 e. The van der Waals surface area contributed by atoms with Crippen molar-refractivity contribution in [1.29, 1.82) is 0 Å². The number of aliphatic carboxylic acids is 1. The van der Waals surface area contributed by atoms with E-state index in [2.05, 4.69) is 11.1 Å². The van der Waals surface area contributed by atoms with E-state index in [1.54, 1.807) is 0 Å². The van der Waals surface area contributed by atoms with Crippen LogP contribution in [0.15, 0.2) is 30.5 Å². The van der Waals surface area contributed by atoms with Gasteiger partial charge in [0, 0.05) is 17.1 Å². The molecule has 0 saturated heterocycles. The Kier molecular flexibility index (Phi) is 2.82. The van der Waals surface area contributed by atoms with E-state index >= 15 is 0 Å². The Morgan fingerprint density at radius 3 is 2.83 bits per heavy atom. The number of rotatable bonds is 2. The third-order valence-electron chi connectivity index (χ3n) is 4.10. The average Bonchev–Trinajstić information content (AvgIpc) is 2.82. The van der Waals surface area contributed by atoms with Crippen molar-refractivity contribution in [2.24, 2.45) is 5.92 Å². The van der Waals surface area contributed by atoms with Gasteiger partial charge >= 0.3 is 5.97 Å². The summed E-state index contributed by atoms with van der Waals surface area (Å²) in [6.07, 6.45) is 5.96. The van der Waals surface area contributed by atoms with Crippen LogP contribution in [0.3, 0.4) is 0 Å². The highest BCUT2D eigenvalue weighted by Crippen LogP contribution is 2.40. The number of benzene rings is 1. The van der Waals surface area contributed by atoms with Gasteiger partial charge in [0.15, 0.2) is 0 Å². The van der Waals surface area contributed by atoms with E-state index < -0.39 is 5.97 Å². The Morgan fingerprint density at radius 2 is 2.00 bits per heavy atom. The zero-order chi connectivity index (χ0) is 12.5. The molecule has 1 aromatic carbocycles. The summed E-state index contributed by atoms with van der Waals surface area (Å²) in [7, 11) is 0. The van der Waals surface area contributed by atoms with Crippen LogP contribution in [0.5, 0.6) is 0 Å². The van der Waals surface area contributed by atoms with Gasteiger partial charge in [0.25, 0.3) is 0 Å². The van der Waals surface area contributed by atoms with Crippen LogP contribution in [-0.4, -0.2) is 16.1 Å². The normalized spacial score (nSPS) is 24.2. The maximum atomic E-state index is 11.4. The Labute approximate surface area is 106 Å². The largest absolute Gasteiger partial charge is 0.481 e. The number of carbonyl (C=O) groups is 1. The minimum atomic E-state index is -0.648. The number of hydrogen-bond acceptors (Lipinski definition) is 1. The lowest BCUT2D eigenvalue weighted by Gasteiger charge is -2.28. The molecule has 0 spiro atoms. The SMILES string of the molecule is O=C(O)C1CCCCC1c1c[nH]c2ccccc12. The van der Waals surface area contributed by atoms with E-state index in [1.807, 2.05) is 24.4 Å². The van der Waals surface area contributed by atoms with Crippen LogP contribution in [0.25, 0.3) is 10.9 Å². The number of H-pyrrole nitrogens is 1. The van der Waals surface area contributed by atoms with Gasteiger partial charge in [-0.05, 0) is 30.4 Å². The molecule has 94 valence electrons. The van der Waals surface area contributed by atoms with Gasteiger partial charge < -0.3 is 10.1 Å². The first kappa shape index (κ1) is 11.3. The quantitative estimate of drug-likeness (QED) is 0.847. The number of aromatic nitrogens is 1. The molecule has 2 unspecified atom stereocenters. The van der Waals surface area contributed by atoms with E-state index in [0.717, 1.165) is 31.2 Å². The van der Waals surface area contributed by atoms with Crippen molar-refractivity contribution in [2.75, 3.05) is 0 Å². The molecule has 1 saturated carbocycles. The second-order valence-electron chi connectivity index (χ2n) is 5.13. The molecule has 1 aliphatic carbocycles. The fourth-order valence-electron chi connectivity index (χ4n) is 3.20. The molecule has 2 aromatic rings. The van der Waals surface area contributed by atoms with Crippen LogP contribution in [0.4, 0.5) is 0 Å². The standard InChI is InChI=1S/C15H17NO2/c17-15(18)12-7-2-1-5-10(12)13-9-16-14-8-4-3-6-11(13)14/h3-4,6,8-10,12,16H,1-2,5,7H2,(H,17,18). The van der Waals surface area contributed by atoms with Crippen molar-refractivity contribution in [2.45, 2.75) is 31.6 Å². The highest BCUT2D eigenvalue weighted by molar-refractivity contribution is 5.84. The predicted molar refractivity (Wildman–Crippen MR) is 70.6 cm³/mol. The first-order chi connectivity index (χ1) is 8.77. The van der Waals surface area contributed by atoms with E-state index in [-0.39, 0.29) is 11.8 Å². The number of aromatic amines is 1. The molecule has 0 bridgehead atoms. The van der Waals surface area contributed by atoms with Gasteiger partial charge in [-0.15, -0.1) is 0 Å². The average molecular weight is 243 g/mol. The van der Waals surface area contributed by atoms with Gasteiger partial charge in [0.1, 0.15) is 0 Å². The van der Waals surface area contributed by atoms with E-state index in [0.29, 0.717) is 0 Å². The van der Waals surface area contributed by atoms with Crippen LogP contribution in [0.2, 0.25) is 0 Å². The molecule has 0 aliphatic heterocycles. The molecule has 18 heavy (non-hydrogen) atoms. The third-order valence-corrected chi connectivity index (χ3v) is 4.10. The number of fused-ring (bicyclic) bond motifs is 1. The van der Waals surface area contributed by atoms with Crippen LogP contribution in [0, 0.1) is 5.92 Å². The second-order valence-corrected chi connectivity index (χ2v) is 5.13. The van der Waals surface area contributed by atoms with Crippen LogP contribution in [0.1, 0.15) is 37.2 Å². The topological polar surface area (TPSA) is 53.1 Å². The minimum Gasteiger partial charge on any atom is -0.481 e. The summed E-state index contributed by atoms with van der Waals surface area (Å²) in [5.74, 6) is -0.713. The minimum absolute atomic E-state index is 0.160. The summed E-state index contributed by atoms with van der Waals surface area (Å²) in [6.45, 7) is 0. The Bertz CT molecular complexity index is 573. The van der Waals surface area contributed by atoms with Gasteiger partial charge in [-0.1, -0.05) is 31.0 Å². The summed E-state index contributed by atoms with van der Waals surface area (Å²) >= 11 is 0. The van der Waals surface area contributed by atoms with Gasteiger partial charge in [-0.2, -0.15) is 0 Å². The van der Waals surface area contributed by atoms with Gasteiger partial charge in [-0.3, -0.25) is 4.79 Å². The molecule has 0 radical (unpaired) electrons. The van der Waals surface area contributed by atoms with Crippen molar-refractivity contribution in [3.05, 3.63) is 36.0 Å². The molecule has 3 heteroatoms. The second kappa shape index (κ2) is 4.48. The summed E-state index contributed by atoms with van der Waals surface area (Å²) in [6, 6.07) is 8.13. The highest BCUT2D eigenvalue weighted by atomic mass is 16.4. The summed E-state index contributed by atoms with van der Waals surface area (Å²) in [4.78, 5) is 14.6. The maximum absolute atomic E-state index is 11.4. The number of carboxylic acids is 1. The molecule has 1 heterocycles. The van der Waals surface area contributed by atoms with Crippen LogP contribution in [-0.2, 0) is 4.79 Å². The zero-order valence-corrected chi connectivity index (χ0v) is 10.2. The lowest BCUT2D eigenvalue weighted by molar-refractivity contribution is -0.143. The molecular weight excluding hydrogens is 226 g/mol. The summed E-state index contributed by atoms with van der Waals surface area (Å²) in [5.41, 5.74) is 2.28. The van der Waals surface area contributed by atoms with Crippen molar-refractivity contribution in [3.63, 3.8) is 0 Å². The molecule has 1 aliphatic rings. The van der Waals surface area contributed by atoms with E-state index in [1.165, 1.54) is 10.9 Å². The molecule has 1 fully saturated rings. The fourth-order valence-corrected chi connectivity index (χ4v) is 3.20.